The third kappa shape index (κ3) is 5.07. The van der Waals surface area contributed by atoms with Crippen LogP contribution in [0.1, 0.15) is 17.5 Å². The van der Waals surface area contributed by atoms with Crippen molar-refractivity contribution in [3.8, 4) is 5.75 Å². The Morgan fingerprint density at radius 2 is 1.92 bits per heavy atom. The van der Waals surface area contributed by atoms with Gasteiger partial charge in [-0.25, -0.2) is 13.6 Å². The van der Waals surface area contributed by atoms with Crippen LogP contribution in [0.25, 0.3) is 0 Å². The third-order valence-electron chi connectivity index (χ3n) is 3.37. The molecule has 0 fully saturated rings. The van der Waals surface area contributed by atoms with Gasteiger partial charge in [0, 0.05) is 5.69 Å². The van der Waals surface area contributed by atoms with Gasteiger partial charge in [0.2, 0.25) is 15.9 Å². The van der Waals surface area contributed by atoms with E-state index in [4.69, 9.17) is 9.88 Å². The van der Waals surface area contributed by atoms with Gasteiger partial charge in [-0.1, -0.05) is 18.2 Å². The predicted molar refractivity (Wildman–Crippen MR) is 92.5 cm³/mol. The van der Waals surface area contributed by atoms with Gasteiger partial charge >= 0.3 is 0 Å². The molecule has 0 aliphatic heterocycles. The van der Waals surface area contributed by atoms with Crippen LogP contribution in [0.3, 0.4) is 0 Å². The molecular formula is C17H20N2O4S. The fraction of sp³-hybridized carbons (Fsp3) is 0.235. The van der Waals surface area contributed by atoms with Crippen molar-refractivity contribution in [3.05, 3.63) is 53.6 Å². The van der Waals surface area contributed by atoms with Crippen molar-refractivity contribution in [2.75, 3.05) is 11.9 Å². The van der Waals surface area contributed by atoms with Gasteiger partial charge in [0.25, 0.3) is 0 Å². The average molecular weight is 348 g/mol. The number of hydrogen-bond donors (Lipinski definition) is 2. The Morgan fingerprint density at radius 1 is 1.17 bits per heavy atom. The van der Waals surface area contributed by atoms with Gasteiger partial charge in [0.05, 0.1) is 17.9 Å². The van der Waals surface area contributed by atoms with Gasteiger partial charge < -0.3 is 10.1 Å². The number of rotatable bonds is 6. The molecule has 0 radical (unpaired) electrons. The van der Waals surface area contributed by atoms with Crippen LogP contribution in [-0.2, 0) is 14.8 Å². The van der Waals surface area contributed by atoms with Crippen LogP contribution in [0, 0.1) is 13.8 Å². The van der Waals surface area contributed by atoms with Gasteiger partial charge in [-0.05, 0) is 49.2 Å². The number of nitrogens with one attached hydrogen (secondary N) is 1. The summed E-state index contributed by atoms with van der Waals surface area (Å²) in [6.45, 7) is 3.82. The van der Waals surface area contributed by atoms with Crippen molar-refractivity contribution in [2.45, 2.75) is 25.2 Å². The SMILES string of the molecule is Cc1cccc(OCCC(=O)Nc2ccc(C)c(S(N)(=O)=O)c2)c1. The molecule has 1 amide bonds. The highest BCUT2D eigenvalue weighted by Gasteiger charge is 2.13. The molecule has 0 spiro atoms. The number of benzene rings is 2. The number of ether oxygens (including phenoxy) is 1. The zero-order valence-electron chi connectivity index (χ0n) is 13.6. The number of anilines is 1. The molecular weight excluding hydrogens is 328 g/mol. The van der Waals surface area contributed by atoms with E-state index in [0.29, 0.717) is 17.0 Å². The fourth-order valence-corrected chi connectivity index (χ4v) is 2.98. The molecule has 128 valence electrons. The lowest BCUT2D eigenvalue weighted by molar-refractivity contribution is -0.116. The molecule has 0 aromatic heterocycles. The van der Waals surface area contributed by atoms with E-state index >= 15 is 0 Å². The first kappa shape index (κ1) is 18.0. The first-order valence-electron chi connectivity index (χ1n) is 7.38. The second-order valence-corrected chi connectivity index (χ2v) is 7.02. The van der Waals surface area contributed by atoms with E-state index in [1.165, 1.54) is 6.07 Å². The third-order valence-corrected chi connectivity index (χ3v) is 4.42. The van der Waals surface area contributed by atoms with E-state index in [1.54, 1.807) is 19.1 Å². The first-order chi connectivity index (χ1) is 11.3. The molecule has 2 aromatic carbocycles. The summed E-state index contributed by atoms with van der Waals surface area (Å²) in [7, 11) is -3.82. The molecule has 2 rings (SSSR count). The maximum absolute atomic E-state index is 11.9. The van der Waals surface area contributed by atoms with Crippen molar-refractivity contribution >= 4 is 21.6 Å². The summed E-state index contributed by atoms with van der Waals surface area (Å²) in [6, 6.07) is 12.1. The zero-order chi connectivity index (χ0) is 17.7. The van der Waals surface area contributed by atoms with Crippen molar-refractivity contribution in [1.82, 2.24) is 0 Å². The molecule has 6 nitrogen and oxygen atoms in total. The molecule has 0 aliphatic rings. The number of amides is 1. The minimum atomic E-state index is -3.82. The lowest BCUT2D eigenvalue weighted by Crippen LogP contribution is -2.17. The fourth-order valence-electron chi connectivity index (χ4n) is 2.17. The lowest BCUT2D eigenvalue weighted by atomic mass is 10.2. The number of aryl methyl sites for hydroxylation is 2. The number of hydrogen-bond acceptors (Lipinski definition) is 4. The standard InChI is InChI=1S/C17H20N2O4S/c1-12-4-3-5-15(10-12)23-9-8-17(20)19-14-7-6-13(2)16(11-14)24(18,21)22/h3-7,10-11H,8-9H2,1-2H3,(H,19,20)(H2,18,21,22). The Bertz CT molecular complexity index is 847. The quantitative estimate of drug-likeness (QED) is 0.837. The largest absolute Gasteiger partial charge is 0.493 e. The van der Waals surface area contributed by atoms with Crippen LogP contribution in [0.15, 0.2) is 47.4 Å². The highest BCUT2D eigenvalue weighted by molar-refractivity contribution is 7.89. The van der Waals surface area contributed by atoms with Crippen LogP contribution in [-0.4, -0.2) is 20.9 Å². The number of carbonyl (C=O) groups excluding carboxylic acids is 1. The van der Waals surface area contributed by atoms with Crippen molar-refractivity contribution in [2.24, 2.45) is 5.14 Å². The van der Waals surface area contributed by atoms with Crippen LogP contribution in [0.4, 0.5) is 5.69 Å². The molecule has 0 aliphatic carbocycles. The number of primary sulfonamides is 1. The van der Waals surface area contributed by atoms with E-state index < -0.39 is 10.0 Å². The van der Waals surface area contributed by atoms with E-state index in [9.17, 15) is 13.2 Å². The molecule has 2 aromatic rings. The number of nitrogens with two attached hydrogens (primary N) is 1. The summed E-state index contributed by atoms with van der Waals surface area (Å²) in [5.74, 6) is 0.432. The van der Waals surface area contributed by atoms with Gasteiger partial charge in [0.1, 0.15) is 5.75 Å². The van der Waals surface area contributed by atoms with Gasteiger partial charge in [0.15, 0.2) is 0 Å². The summed E-state index contributed by atoms with van der Waals surface area (Å²) in [5.41, 5.74) is 1.98. The Hall–Kier alpha value is -2.38. The molecule has 0 bridgehead atoms. The Morgan fingerprint density at radius 3 is 2.58 bits per heavy atom. The molecule has 0 unspecified atom stereocenters. The molecule has 0 heterocycles. The number of carbonyl (C=O) groups is 1. The summed E-state index contributed by atoms with van der Waals surface area (Å²) in [5, 5.41) is 7.79. The highest BCUT2D eigenvalue weighted by atomic mass is 32.2. The molecule has 0 saturated carbocycles. The smallest absolute Gasteiger partial charge is 0.238 e. The van der Waals surface area contributed by atoms with Crippen molar-refractivity contribution in [1.29, 1.82) is 0 Å². The maximum Gasteiger partial charge on any atom is 0.238 e. The summed E-state index contributed by atoms with van der Waals surface area (Å²) in [6.07, 6.45) is 0.145. The topological polar surface area (TPSA) is 98.5 Å². The second-order valence-electron chi connectivity index (χ2n) is 5.49. The summed E-state index contributed by atoms with van der Waals surface area (Å²) < 4.78 is 28.5. The van der Waals surface area contributed by atoms with Crippen LogP contribution >= 0.6 is 0 Å². The summed E-state index contributed by atoms with van der Waals surface area (Å²) >= 11 is 0. The van der Waals surface area contributed by atoms with Crippen LogP contribution in [0.2, 0.25) is 0 Å². The van der Waals surface area contributed by atoms with E-state index in [0.717, 1.165) is 5.56 Å². The van der Waals surface area contributed by atoms with Gasteiger partial charge in [-0.3, -0.25) is 4.79 Å². The van der Waals surface area contributed by atoms with Crippen molar-refractivity contribution in [3.63, 3.8) is 0 Å². The Labute approximate surface area is 141 Å². The highest BCUT2D eigenvalue weighted by Crippen LogP contribution is 2.19. The van der Waals surface area contributed by atoms with Gasteiger partial charge in [-0.2, -0.15) is 0 Å². The minimum Gasteiger partial charge on any atom is -0.493 e. The normalized spacial score (nSPS) is 11.1. The predicted octanol–water partition coefficient (Wildman–Crippen LogP) is 2.36. The summed E-state index contributed by atoms with van der Waals surface area (Å²) in [4.78, 5) is 11.9. The lowest BCUT2D eigenvalue weighted by Gasteiger charge is -2.10. The van der Waals surface area contributed by atoms with Crippen LogP contribution < -0.4 is 15.2 Å². The second kappa shape index (κ2) is 7.46. The molecule has 0 atom stereocenters. The minimum absolute atomic E-state index is 0.00342. The van der Waals surface area contributed by atoms with E-state index in [2.05, 4.69) is 5.32 Å². The molecule has 24 heavy (non-hydrogen) atoms. The molecule has 0 saturated heterocycles. The molecule has 7 heteroatoms. The Balaban J connectivity index is 1.93. The Kier molecular flexibility index (Phi) is 5.58. The van der Waals surface area contributed by atoms with E-state index in [-0.39, 0.29) is 23.8 Å². The maximum atomic E-state index is 11.9. The van der Waals surface area contributed by atoms with Crippen LogP contribution in [0.5, 0.6) is 5.75 Å². The van der Waals surface area contributed by atoms with Crippen molar-refractivity contribution < 1.29 is 17.9 Å². The van der Waals surface area contributed by atoms with E-state index in [1.807, 2.05) is 31.2 Å². The molecule has 3 N–H and O–H groups in total. The van der Waals surface area contributed by atoms with Gasteiger partial charge in [-0.15, -0.1) is 0 Å². The average Bonchev–Trinajstić information content (AvgIpc) is 2.48. The zero-order valence-corrected chi connectivity index (χ0v) is 14.4. The number of sulfonamides is 1. The first-order valence-corrected chi connectivity index (χ1v) is 8.93. The monoisotopic (exact) mass is 348 g/mol.